The Kier molecular flexibility index (Phi) is 3.78. The van der Waals surface area contributed by atoms with Crippen LogP contribution in [0.4, 0.5) is 0 Å². The van der Waals surface area contributed by atoms with E-state index in [4.69, 9.17) is 4.74 Å². The third-order valence-electron chi connectivity index (χ3n) is 2.72. The molecule has 2 nitrogen and oxygen atoms in total. The van der Waals surface area contributed by atoms with Gasteiger partial charge in [-0.05, 0) is 29.3 Å². The molecule has 0 unspecified atom stereocenters. The summed E-state index contributed by atoms with van der Waals surface area (Å²) in [6.07, 6.45) is 3.68. The summed E-state index contributed by atoms with van der Waals surface area (Å²) < 4.78 is 5.06. The molecule has 0 amide bonds. The van der Waals surface area contributed by atoms with Crippen LogP contribution in [-0.2, 0) is 9.53 Å². The van der Waals surface area contributed by atoms with Crippen LogP contribution in [0.1, 0.15) is 19.4 Å². The normalized spacial score (nSPS) is 12.8. The van der Waals surface area contributed by atoms with Crippen LogP contribution >= 0.6 is 0 Å². The predicted octanol–water partition coefficient (Wildman–Crippen LogP) is 3.80. The molecule has 18 heavy (non-hydrogen) atoms. The maximum atomic E-state index is 10.8. The number of carbonyl (C=O) groups is 1. The lowest BCUT2D eigenvalue weighted by molar-refractivity contribution is -0.143. The van der Waals surface area contributed by atoms with Gasteiger partial charge in [-0.2, -0.15) is 0 Å². The highest BCUT2D eigenvalue weighted by Crippen LogP contribution is 2.19. The lowest BCUT2D eigenvalue weighted by atomic mass is 10.0. The third kappa shape index (κ3) is 2.98. The molecule has 2 heteroatoms. The van der Waals surface area contributed by atoms with Crippen LogP contribution < -0.4 is 0 Å². The van der Waals surface area contributed by atoms with Crippen LogP contribution in [0.5, 0.6) is 0 Å². The SMILES string of the molecule is CC(=O)O[C@H](C)/C=C/c1cccc2ccccc12. The Bertz CT molecular complexity index is 579. The second-order valence-corrected chi connectivity index (χ2v) is 4.24. The van der Waals surface area contributed by atoms with E-state index in [0.29, 0.717) is 0 Å². The van der Waals surface area contributed by atoms with Crippen molar-refractivity contribution in [2.45, 2.75) is 20.0 Å². The molecule has 0 spiro atoms. The van der Waals surface area contributed by atoms with E-state index in [9.17, 15) is 4.79 Å². The minimum absolute atomic E-state index is 0.207. The fraction of sp³-hybridized carbons (Fsp3) is 0.188. The van der Waals surface area contributed by atoms with Gasteiger partial charge in [0.25, 0.3) is 0 Å². The first-order chi connectivity index (χ1) is 8.66. The Morgan fingerprint density at radius 3 is 2.67 bits per heavy atom. The van der Waals surface area contributed by atoms with Gasteiger partial charge >= 0.3 is 5.97 Å². The van der Waals surface area contributed by atoms with Crippen molar-refractivity contribution < 1.29 is 9.53 Å². The Balaban J connectivity index is 2.26. The first-order valence-corrected chi connectivity index (χ1v) is 6.00. The molecular weight excluding hydrogens is 224 g/mol. The fourth-order valence-corrected chi connectivity index (χ4v) is 1.94. The number of carbonyl (C=O) groups excluding carboxylic acids is 1. The molecule has 2 aromatic carbocycles. The summed E-state index contributed by atoms with van der Waals surface area (Å²) in [6.45, 7) is 3.27. The zero-order chi connectivity index (χ0) is 13.0. The molecule has 92 valence electrons. The maximum Gasteiger partial charge on any atom is 0.303 e. The van der Waals surface area contributed by atoms with Crippen LogP contribution in [0.2, 0.25) is 0 Å². The molecule has 0 saturated carbocycles. The molecule has 0 aromatic heterocycles. The van der Waals surface area contributed by atoms with E-state index in [1.807, 2.05) is 37.3 Å². The van der Waals surface area contributed by atoms with Gasteiger partial charge in [-0.15, -0.1) is 0 Å². The van der Waals surface area contributed by atoms with Gasteiger partial charge in [-0.25, -0.2) is 0 Å². The number of ether oxygens (including phenoxy) is 1. The van der Waals surface area contributed by atoms with Crippen LogP contribution in [0.25, 0.3) is 16.8 Å². The number of esters is 1. The van der Waals surface area contributed by atoms with Crippen molar-refractivity contribution in [3.05, 3.63) is 54.1 Å². The molecule has 0 aliphatic rings. The van der Waals surface area contributed by atoms with Gasteiger partial charge in [-0.3, -0.25) is 4.79 Å². The molecule has 0 aliphatic carbocycles. The highest BCUT2D eigenvalue weighted by Gasteiger charge is 2.01. The molecule has 0 N–H and O–H groups in total. The average Bonchev–Trinajstić information content (AvgIpc) is 2.35. The Hall–Kier alpha value is -2.09. The summed E-state index contributed by atoms with van der Waals surface area (Å²) in [7, 11) is 0. The van der Waals surface area contributed by atoms with Crippen LogP contribution in [0.15, 0.2) is 48.5 Å². The van der Waals surface area contributed by atoms with Crippen molar-refractivity contribution >= 4 is 22.8 Å². The van der Waals surface area contributed by atoms with Gasteiger partial charge in [0.15, 0.2) is 0 Å². The Morgan fingerprint density at radius 2 is 1.89 bits per heavy atom. The Labute approximate surface area is 107 Å². The van der Waals surface area contributed by atoms with Gasteiger partial charge in [0.1, 0.15) is 6.10 Å². The van der Waals surface area contributed by atoms with E-state index >= 15 is 0 Å². The number of benzene rings is 2. The third-order valence-corrected chi connectivity index (χ3v) is 2.72. The lowest BCUT2D eigenvalue weighted by Crippen LogP contribution is -2.08. The second-order valence-electron chi connectivity index (χ2n) is 4.24. The van der Waals surface area contributed by atoms with Gasteiger partial charge in [0.2, 0.25) is 0 Å². The van der Waals surface area contributed by atoms with Crippen molar-refractivity contribution in [1.29, 1.82) is 0 Å². The van der Waals surface area contributed by atoms with Gasteiger partial charge in [0, 0.05) is 6.92 Å². The smallest absolute Gasteiger partial charge is 0.303 e. The molecule has 0 bridgehead atoms. The highest BCUT2D eigenvalue weighted by molar-refractivity contribution is 5.90. The first kappa shape index (κ1) is 12.4. The second kappa shape index (κ2) is 5.50. The van der Waals surface area contributed by atoms with Gasteiger partial charge in [-0.1, -0.05) is 48.5 Å². The molecule has 0 heterocycles. The minimum atomic E-state index is -0.259. The molecule has 0 aliphatic heterocycles. The fourth-order valence-electron chi connectivity index (χ4n) is 1.94. The van der Waals surface area contributed by atoms with Crippen molar-refractivity contribution in [2.75, 3.05) is 0 Å². The lowest BCUT2D eigenvalue weighted by Gasteiger charge is -2.07. The number of rotatable bonds is 3. The van der Waals surface area contributed by atoms with Gasteiger partial charge in [0.05, 0.1) is 0 Å². The van der Waals surface area contributed by atoms with Crippen molar-refractivity contribution in [3.8, 4) is 0 Å². The number of fused-ring (bicyclic) bond motifs is 1. The number of hydrogen-bond donors (Lipinski definition) is 0. The summed E-state index contributed by atoms with van der Waals surface area (Å²) >= 11 is 0. The summed E-state index contributed by atoms with van der Waals surface area (Å²) in [5.41, 5.74) is 1.13. The first-order valence-electron chi connectivity index (χ1n) is 6.00. The summed E-state index contributed by atoms with van der Waals surface area (Å²) in [6, 6.07) is 14.4. The largest absolute Gasteiger partial charge is 0.459 e. The zero-order valence-electron chi connectivity index (χ0n) is 10.6. The monoisotopic (exact) mass is 240 g/mol. The van der Waals surface area contributed by atoms with E-state index in [1.165, 1.54) is 17.7 Å². The zero-order valence-corrected chi connectivity index (χ0v) is 10.6. The molecule has 2 rings (SSSR count). The minimum Gasteiger partial charge on any atom is -0.459 e. The van der Waals surface area contributed by atoms with Crippen molar-refractivity contribution in [1.82, 2.24) is 0 Å². The van der Waals surface area contributed by atoms with Crippen molar-refractivity contribution in [3.63, 3.8) is 0 Å². The standard InChI is InChI=1S/C16H16O2/c1-12(18-13(2)17)10-11-15-8-5-7-14-6-3-4-9-16(14)15/h3-12H,1-2H3/b11-10+/t12-/m1/s1. The van der Waals surface area contributed by atoms with E-state index in [0.717, 1.165) is 5.56 Å². The molecule has 0 radical (unpaired) electrons. The summed E-state index contributed by atoms with van der Waals surface area (Å²) in [4.78, 5) is 10.8. The Morgan fingerprint density at radius 1 is 1.17 bits per heavy atom. The summed E-state index contributed by atoms with van der Waals surface area (Å²) in [5, 5.41) is 2.41. The van der Waals surface area contributed by atoms with E-state index in [1.54, 1.807) is 0 Å². The highest BCUT2D eigenvalue weighted by atomic mass is 16.5. The number of hydrogen-bond acceptors (Lipinski definition) is 2. The maximum absolute atomic E-state index is 10.8. The molecule has 0 saturated heterocycles. The van der Waals surface area contributed by atoms with Gasteiger partial charge < -0.3 is 4.74 Å². The molecular formula is C16H16O2. The molecule has 0 fully saturated rings. The topological polar surface area (TPSA) is 26.3 Å². The van der Waals surface area contributed by atoms with E-state index in [-0.39, 0.29) is 12.1 Å². The van der Waals surface area contributed by atoms with E-state index < -0.39 is 0 Å². The molecule has 2 aromatic rings. The van der Waals surface area contributed by atoms with Crippen LogP contribution in [0.3, 0.4) is 0 Å². The predicted molar refractivity (Wildman–Crippen MR) is 74.2 cm³/mol. The quantitative estimate of drug-likeness (QED) is 0.763. The van der Waals surface area contributed by atoms with Crippen LogP contribution in [0, 0.1) is 0 Å². The average molecular weight is 240 g/mol. The summed E-state index contributed by atoms with van der Waals surface area (Å²) in [5.74, 6) is -0.259. The molecule has 1 atom stereocenters. The van der Waals surface area contributed by atoms with Crippen molar-refractivity contribution in [2.24, 2.45) is 0 Å². The van der Waals surface area contributed by atoms with E-state index in [2.05, 4.69) is 24.3 Å². The van der Waals surface area contributed by atoms with Crippen LogP contribution in [-0.4, -0.2) is 12.1 Å².